The van der Waals surface area contributed by atoms with Crippen LogP contribution in [0.15, 0.2) is 27.9 Å². The second-order valence-corrected chi connectivity index (χ2v) is 9.89. The quantitative estimate of drug-likeness (QED) is 0.879. The number of aliphatic hydroxyl groups is 1. The van der Waals surface area contributed by atoms with E-state index < -0.39 is 22.2 Å². The topological polar surface area (TPSA) is 79.6 Å². The average molecular weight is 385 g/mol. The van der Waals surface area contributed by atoms with Crippen molar-refractivity contribution < 1.29 is 13.5 Å². The molecule has 1 heterocycles. The van der Waals surface area contributed by atoms with E-state index in [0.29, 0.717) is 17.5 Å². The van der Waals surface area contributed by atoms with Gasteiger partial charge in [-0.25, -0.2) is 8.42 Å². The molecule has 0 amide bonds. The van der Waals surface area contributed by atoms with E-state index in [-0.39, 0.29) is 15.8 Å². The number of aliphatic hydroxyl groups excluding tert-OH is 1. The summed E-state index contributed by atoms with van der Waals surface area (Å²) >= 11 is 1.06. The summed E-state index contributed by atoms with van der Waals surface area (Å²) in [6.45, 7) is 3.85. The first-order chi connectivity index (χ1) is 11.7. The number of hydrogen-bond donors (Lipinski definition) is 1. The van der Waals surface area contributed by atoms with Crippen molar-refractivity contribution >= 4 is 31.6 Å². The van der Waals surface area contributed by atoms with E-state index in [1.54, 1.807) is 22.8 Å². The van der Waals surface area contributed by atoms with E-state index in [0.717, 1.165) is 29.7 Å². The van der Waals surface area contributed by atoms with Gasteiger partial charge in [-0.1, -0.05) is 24.2 Å². The molecule has 1 saturated carbocycles. The lowest BCUT2D eigenvalue weighted by atomic mass is 9.93. The third-order valence-corrected chi connectivity index (χ3v) is 7.74. The van der Waals surface area contributed by atoms with Crippen LogP contribution in [0.3, 0.4) is 0 Å². The van der Waals surface area contributed by atoms with Gasteiger partial charge in [0.25, 0.3) is 0 Å². The zero-order valence-corrected chi connectivity index (χ0v) is 16.3. The molecule has 0 unspecified atom stereocenters. The maximum atomic E-state index is 13.0. The Kier molecular flexibility index (Phi) is 5.07. The minimum absolute atomic E-state index is 0.0174. The Hall–Kier alpha value is -1.22. The minimum atomic E-state index is -3.72. The molecule has 3 rings (SSSR count). The number of aromatic nitrogens is 1. The first-order valence-corrected chi connectivity index (χ1v) is 10.8. The van der Waals surface area contributed by atoms with Gasteiger partial charge >= 0.3 is 4.87 Å². The van der Waals surface area contributed by atoms with Gasteiger partial charge in [-0.2, -0.15) is 4.31 Å². The number of nitrogens with zero attached hydrogens (tertiary/aromatic N) is 2. The van der Waals surface area contributed by atoms with E-state index in [2.05, 4.69) is 0 Å². The highest BCUT2D eigenvalue weighted by Gasteiger charge is 2.34. The molecule has 2 aromatic rings. The zero-order valence-electron chi connectivity index (χ0n) is 14.7. The molecule has 1 fully saturated rings. The predicted molar refractivity (Wildman–Crippen MR) is 99.7 cm³/mol. The molecule has 1 aliphatic rings. The molecule has 0 saturated heterocycles. The number of rotatable bonds is 4. The maximum Gasteiger partial charge on any atom is 0.308 e. The van der Waals surface area contributed by atoms with Gasteiger partial charge in [0.1, 0.15) is 0 Å². The number of sulfonamides is 1. The third-order valence-electron chi connectivity index (χ3n) is 4.94. The van der Waals surface area contributed by atoms with Gasteiger partial charge in [0.15, 0.2) is 0 Å². The molecular formula is C17H24N2O4S2. The summed E-state index contributed by atoms with van der Waals surface area (Å²) in [5.74, 6) is 0. The zero-order chi connectivity index (χ0) is 18.4. The van der Waals surface area contributed by atoms with Crippen molar-refractivity contribution in [3.05, 3.63) is 27.9 Å². The number of hydrogen-bond acceptors (Lipinski definition) is 5. The molecule has 1 aliphatic carbocycles. The second kappa shape index (κ2) is 6.83. The first kappa shape index (κ1) is 18.6. The molecule has 6 nitrogen and oxygen atoms in total. The monoisotopic (exact) mass is 384 g/mol. The third kappa shape index (κ3) is 3.28. The number of thiazole rings is 1. The van der Waals surface area contributed by atoms with Crippen LogP contribution in [0.2, 0.25) is 0 Å². The van der Waals surface area contributed by atoms with Crippen molar-refractivity contribution in [2.24, 2.45) is 0 Å². The largest absolute Gasteiger partial charge is 0.391 e. The van der Waals surface area contributed by atoms with Crippen molar-refractivity contribution in [2.45, 2.75) is 62.6 Å². The summed E-state index contributed by atoms with van der Waals surface area (Å²) in [4.78, 5) is 12.2. The molecule has 0 aliphatic heterocycles. The molecule has 1 aromatic carbocycles. The molecule has 0 radical (unpaired) electrons. The SMILES string of the molecule is CC(C)n1c(=O)sc2cc(S(=O)(=O)N(C)[C@@H]3CCCC[C@H]3O)ccc21. The Labute approximate surface area is 151 Å². The Morgan fingerprint density at radius 3 is 2.60 bits per heavy atom. The molecule has 25 heavy (non-hydrogen) atoms. The van der Waals surface area contributed by atoms with Gasteiger partial charge in [0.2, 0.25) is 10.0 Å². The van der Waals surface area contributed by atoms with Crippen molar-refractivity contribution in [1.82, 2.24) is 8.87 Å². The molecule has 8 heteroatoms. The van der Waals surface area contributed by atoms with Crippen molar-refractivity contribution in [3.8, 4) is 0 Å². The smallest absolute Gasteiger partial charge is 0.308 e. The van der Waals surface area contributed by atoms with Crippen molar-refractivity contribution in [2.75, 3.05) is 7.05 Å². The van der Waals surface area contributed by atoms with Gasteiger partial charge in [-0.15, -0.1) is 0 Å². The van der Waals surface area contributed by atoms with Crippen molar-refractivity contribution in [1.29, 1.82) is 0 Å². The molecule has 0 bridgehead atoms. The second-order valence-electron chi connectivity index (χ2n) is 6.90. The first-order valence-electron chi connectivity index (χ1n) is 8.54. The molecule has 1 aromatic heterocycles. The fraction of sp³-hybridized carbons (Fsp3) is 0.588. The Morgan fingerprint density at radius 2 is 1.96 bits per heavy atom. The molecule has 138 valence electrons. The molecular weight excluding hydrogens is 360 g/mol. The van der Waals surface area contributed by atoms with E-state index in [1.165, 1.54) is 11.4 Å². The lowest BCUT2D eigenvalue weighted by molar-refractivity contribution is 0.0638. The number of benzene rings is 1. The van der Waals surface area contributed by atoms with Gasteiger partial charge in [-0.3, -0.25) is 9.36 Å². The van der Waals surface area contributed by atoms with Crippen LogP contribution in [0, 0.1) is 0 Å². The lowest BCUT2D eigenvalue weighted by Gasteiger charge is -2.34. The van der Waals surface area contributed by atoms with E-state index >= 15 is 0 Å². The summed E-state index contributed by atoms with van der Waals surface area (Å²) in [7, 11) is -2.19. The van der Waals surface area contributed by atoms with Crippen LogP contribution in [0.1, 0.15) is 45.6 Å². The minimum Gasteiger partial charge on any atom is -0.391 e. The standard InChI is InChI=1S/C17H24N2O4S2/c1-11(2)19-14-9-8-12(10-16(14)24-17(19)21)25(22,23)18(3)13-6-4-5-7-15(13)20/h8-11,13,15,20H,4-7H2,1-3H3/t13-,15-/m1/s1. The van der Waals surface area contributed by atoms with Crippen LogP contribution in [-0.4, -0.2) is 41.6 Å². The summed E-state index contributed by atoms with van der Waals surface area (Å²) in [6, 6.07) is 4.44. The number of fused-ring (bicyclic) bond motifs is 1. The fourth-order valence-corrected chi connectivity index (χ4v) is 6.10. The van der Waals surface area contributed by atoms with E-state index in [4.69, 9.17) is 0 Å². The highest BCUT2D eigenvalue weighted by Crippen LogP contribution is 2.29. The molecule has 1 N–H and O–H groups in total. The average Bonchev–Trinajstić information content (AvgIpc) is 2.89. The normalized spacial score (nSPS) is 22.2. The van der Waals surface area contributed by atoms with Gasteiger partial charge in [-0.05, 0) is 44.9 Å². The van der Waals surface area contributed by atoms with Crippen LogP contribution in [-0.2, 0) is 10.0 Å². The van der Waals surface area contributed by atoms with Crippen LogP contribution in [0.4, 0.5) is 0 Å². The van der Waals surface area contributed by atoms with Crippen molar-refractivity contribution in [3.63, 3.8) is 0 Å². The summed E-state index contributed by atoms with van der Waals surface area (Å²) < 4.78 is 29.6. The van der Waals surface area contributed by atoms with Gasteiger partial charge < -0.3 is 5.11 Å². The highest BCUT2D eigenvalue weighted by atomic mass is 32.2. The van der Waals surface area contributed by atoms with Crippen LogP contribution in [0.25, 0.3) is 10.2 Å². The number of likely N-dealkylation sites (N-methyl/N-ethyl adjacent to an activating group) is 1. The summed E-state index contributed by atoms with van der Waals surface area (Å²) in [6.07, 6.45) is 2.50. The van der Waals surface area contributed by atoms with Gasteiger partial charge in [0.05, 0.1) is 27.3 Å². The maximum absolute atomic E-state index is 13.0. The van der Waals surface area contributed by atoms with Crippen LogP contribution >= 0.6 is 11.3 Å². The predicted octanol–water partition coefficient (Wildman–Crippen LogP) is 2.57. The summed E-state index contributed by atoms with van der Waals surface area (Å²) in [5, 5.41) is 10.2. The molecule has 0 spiro atoms. The Balaban J connectivity index is 2.01. The summed E-state index contributed by atoms with van der Waals surface area (Å²) in [5.41, 5.74) is 0.754. The van der Waals surface area contributed by atoms with E-state index in [9.17, 15) is 18.3 Å². The van der Waals surface area contributed by atoms with E-state index in [1.807, 2.05) is 13.8 Å². The Morgan fingerprint density at radius 1 is 1.28 bits per heavy atom. The van der Waals surface area contributed by atoms with Crippen LogP contribution < -0.4 is 4.87 Å². The van der Waals surface area contributed by atoms with Gasteiger partial charge in [0, 0.05) is 13.1 Å². The van der Waals surface area contributed by atoms with Crippen LogP contribution in [0.5, 0.6) is 0 Å². The highest BCUT2D eigenvalue weighted by molar-refractivity contribution is 7.89. The molecule has 2 atom stereocenters. The lowest BCUT2D eigenvalue weighted by Crippen LogP contribution is -2.46. The fourth-order valence-electron chi connectivity index (χ4n) is 3.53. The Bertz CT molecular complexity index is 930.